The zero-order valence-corrected chi connectivity index (χ0v) is 8.81. The van der Waals surface area contributed by atoms with Crippen LogP contribution in [0.1, 0.15) is 32.6 Å². The first-order valence-electron chi connectivity index (χ1n) is 5.72. The normalized spacial score (nSPS) is 29.3. The summed E-state index contributed by atoms with van der Waals surface area (Å²) < 4.78 is 0. The Morgan fingerprint density at radius 3 is 2.38 bits per heavy atom. The van der Waals surface area contributed by atoms with Crippen LogP contribution in [0.25, 0.3) is 0 Å². The van der Waals surface area contributed by atoms with E-state index in [9.17, 15) is 0 Å². The lowest BCUT2D eigenvalue weighted by molar-refractivity contribution is 0.147. The van der Waals surface area contributed by atoms with Crippen LogP contribution in [0.3, 0.4) is 0 Å². The van der Waals surface area contributed by atoms with E-state index < -0.39 is 0 Å². The maximum Gasteiger partial charge on any atom is 0.00363 e. The summed E-state index contributed by atoms with van der Waals surface area (Å²) in [6.07, 6.45) is 5.58. The molecule has 0 radical (unpaired) electrons. The Balaban J connectivity index is 1.83. The summed E-state index contributed by atoms with van der Waals surface area (Å²) in [5.41, 5.74) is 0.607. The molecule has 2 aliphatic rings. The number of piperidine rings is 1. The second kappa shape index (κ2) is 3.97. The highest BCUT2D eigenvalue weighted by atomic mass is 15.1. The van der Waals surface area contributed by atoms with Gasteiger partial charge in [-0.05, 0) is 57.3 Å². The molecule has 0 saturated carbocycles. The Labute approximate surface area is 81.7 Å². The Bertz CT molecular complexity index is 155. The van der Waals surface area contributed by atoms with Crippen LogP contribution in [0, 0.1) is 5.41 Å². The van der Waals surface area contributed by atoms with Crippen molar-refractivity contribution in [2.75, 3.05) is 32.7 Å². The first-order chi connectivity index (χ1) is 6.29. The molecule has 0 aromatic carbocycles. The predicted molar refractivity (Wildman–Crippen MR) is 55.9 cm³/mol. The molecule has 1 N–H and O–H groups in total. The smallest absolute Gasteiger partial charge is 0.00363 e. The molecule has 2 fully saturated rings. The first kappa shape index (κ1) is 9.47. The zero-order valence-electron chi connectivity index (χ0n) is 8.81. The van der Waals surface area contributed by atoms with Gasteiger partial charge in [0.05, 0.1) is 0 Å². The third kappa shape index (κ3) is 2.44. The number of hydrogen-bond donors (Lipinski definition) is 1. The van der Waals surface area contributed by atoms with E-state index in [0.29, 0.717) is 5.41 Å². The molecule has 0 spiro atoms. The maximum absolute atomic E-state index is 3.45. The van der Waals surface area contributed by atoms with Crippen LogP contribution in [0.5, 0.6) is 0 Å². The SMILES string of the molecule is CC1(CN2CCCC2)CCNCC1. The molecule has 0 aromatic heterocycles. The van der Waals surface area contributed by atoms with Crippen molar-refractivity contribution in [3.05, 3.63) is 0 Å². The van der Waals surface area contributed by atoms with E-state index in [4.69, 9.17) is 0 Å². The van der Waals surface area contributed by atoms with E-state index in [2.05, 4.69) is 17.1 Å². The van der Waals surface area contributed by atoms with Gasteiger partial charge < -0.3 is 10.2 Å². The summed E-state index contributed by atoms with van der Waals surface area (Å²) in [4.78, 5) is 2.66. The largest absolute Gasteiger partial charge is 0.317 e. The minimum absolute atomic E-state index is 0.607. The molecule has 2 nitrogen and oxygen atoms in total. The molecule has 2 rings (SSSR count). The van der Waals surface area contributed by atoms with Gasteiger partial charge in [-0.15, -0.1) is 0 Å². The molecule has 76 valence electrons. The second-order valence-electron chi connectivity index (χ2n) is 5.04. The van der Waals surface area contributed by atoms with Crippen LogP contribution in [0.2, 0.25) is 0 Å². The van der Waals surface area contributed by atoms with Crippen molar-refractivity contribution in [1.29, 1.82) is 0 Å². The number of hydrogen-bond acceptors (Lipinski definition) is 2. The lowest BCUT2D eigenvalue weighted by Crippen LogP contribution is -2.42. The lowest BCUT2D eigenvalue weighted by atomic mass is 9.80. The standard InChI is InChI=1S/C11H22N2/c1-11(4-6-12-7-5-11)10-13-8-2-3-9-13/h12H,2-10H2,1H3. The molecule has 2 heteroatoms. The van der Waals surface area contributed by atoms with Crippen molar-refractivity contribution in [3.63, 3.8) is 0 Å². The predicted octanol–water partition coefficient (Wildman–Crippen LogP) is 1.47. The van der Waals surface area contributed by atoms with Gasteiger partial charge in [0.2, 0.25) is 0 Å². The third-order valence-corrected chi connectivity index (χ3v) is 3.61. The van der Waals surface area contributed by atoms with Crippen molar-refractivity contribution >= 4 is 0 Å². The summed E-state index contributed by atoms with van der Waals surface area (Å²) in [5, 5.41) is 3.45. The van der Waals surface area contributed by atoms with Gasteiger partial charge in [-0.1, -0.05) is 6.92 Å². The highest BCUT2D eigenvalue weighted by Crippen LogP contribution is 2.29. The van der Waals surface area contributed by atoms with Crippen molar-refractivity contribution in [3.8, 4) is 0 Å². The molecule has 0 aromatic rings. The van der Waals surface area contributed by atoms with Crippen molar-refractivity contribution in [2.45, 2.75) is 32.6 Å². The Morgan fingerprint density at radius 2 is 1.77 bits per heavy atom. The van der Waals surface area contributed by atoms with Crippen molar-refractivity contribution in [1.82, 2.24) is 10.2 Å². The van der Waals surface area contributed by atoms with Gasteiger partial charge in [-0.3, -0.25) is 0 Å². The van der Waals surface area contributed by atoms with Crippen LogP contribution in [-0.4, -0.2) is 37.6 Å². The molecule has 0 bridgehead atoms. The van der Waals surface area contributed by atoms with E-state index in [-0.39, 0.29) is 0 Å². The van der Waals surface area contributed by atoms with Crippen LogP contribution in [-0.2, 0) is 0 Å². The topological polar surface area (TPSA) is 15.3 Å². The zero-order chi connectivity index (χ0) is 9.15. The summed E-state index contributed by atoms with van der Waals surface area (Å²) in [5.74, 6) is 0. The van der Waals surface area contributed by atoms with Gasteiger partial charge in [-0.25, -0.2) is 0 Å². The molecule has 0 unspecified atom stereocenters. The number of nitrogens with zero attached hydrogens (tertiary/aromatic N) is 1. The molecule has 2 heterocycles. The van der Waals surface area contributed by atoms with E-state index in [1.54, 1.807) is 0 Å². The van der Waals surface area contributed by atoms with Crippen LogP contribution < -0.4 is 5.32 Å². The molecule has 0 aliphatic carbocycles. The van der Waals surface area contributed by atoms with E-state index in [1.165, 1.54) is 58.4 Å². The average molecular weight is 182 g/mol. The van der Waals surface area contributed by atoms with E-state index >= 15 is 0 Å². The van der Waals surface area contributed by atoms with E-state index in [1.807, 2.05) is 0 Å². The summed E-state index contributed by atoms with van der Waals surface area (Å²) >= 11 is 0. The van der Waals surface area contributed by atoms with Crippen LogP contribution >= 0.6 is 0 Å². The first-order valence-corrected chi connectivity index (χ1v) is 5.72. The molecule has 13 heavy (non-hydrogen) atoms. The third-order valence-electron chi connectivity index (χ3n) is 3.61. The van der Waals surface area contributed by atoms with Gasteiger partial charge >= 0.3 is 0 Å². The van der Waals surface area contributed by atoms with Crippen molar-refractivity contribution < 1.29 is 0 Å². The lowest BCUT2D eigenvalue weighted by Gasteiger charge is -2.37. The van der Waals surface area contributed by atoms with Gasteiger partial charge in [0.25, 0.3) is 0 Å². The van der Waals surface area contributed by atoms with Crippen molar-refractivity contribution in [2.24, 2.45) is 5.41 Å². The fraction of sp³-hybridized carbons (Fsp3) is 1.00. The average Bonchev–Trinajstić information content (AvgIpc) is 2.57. The number of nitrogens with one attached hydrogen (secondary N) is 1. The Kier molecular flexibility index (Phi) is 2.89. The van der Waals surface area contributed by atoms with Gasteiger partial charge in [0.1, 0.15) is 0 Å². The Morgan fingerprint density at radius 1 is 1.15 bits per heavy atom. The summed E-state index contributed by atoms with van der Waals surface area (Å²) in [7, 11) is 0. The molecule has 2 aliphatic heterocycles. The summed E-state index contributed by atoms with van der Waals surface area (Å²) in [6.45, 7) is 8.96. The fourth-order valence-corrected chi connectivity index (χ4v) is 2.67. The number of rotatable bonds is 2. The second-order valence-corrected chi connectivity index (χ2v) is 5.04. The highest BCUT2D eigenvalue weighted by Gasteiger charge is 2.29. The minimum atomic E-state index is 0.607. The number of likely N-dealkylation sites (tertiary alicyclic amines) is 1. The molecule has 0 amide bonds. The Hall–Kier alpha value is -0.0800. The van der Waals surface area contributed by atoms with Crippen LogP contribution in [0.15, 0.2) is 0 Å². The molecular formula is C11H22N2. The molecule has 0 atom stereocenters. The summed E-state index contributed by atoms with van der Waals surface area (Å²) in [6, 6.07) is 0. The van der Waals surface area contributed by atoms with E-state index in [0.717, 1.165) is 0 Å². The van der Waals surface area contributed by atoms with Gasteiger partial charge in [-0.2, -0.15) is 0 Å². The molecular weight excluding hydrogens is 160 g/mol. The maximum atomic E-state index is 3.45. The fourth-order valence-electron chi connectivity index (χ4n) is 2.67. The van der Waals surface area contributed by atoms with Gasteiger partial charge in [0, 0.05) is 6.54 Å². The molecule has 2 saturated heterocycles. The minimum Gasteiger partial charge on any atom is -0.317 e. The highest BCUT2D eigenvalue weighted by molar-refractivity contribution is 4.84. The quantitative estimate of drug-likeness (QED) is 0.696. The van der Waals surface area contributed by atoms with Crippen LogP contribution in [0.4, 0.5) is 0 Å². The monoisotopic (exact) mass is 182 g/mol. The van der Waals surface area contributed by atoms with Gasteiger partial charge in [0.15, 0.2) is 0 Å².